The van der Waals surface area contributed by atoms with E-state index in [9.17, 15) is 4.79 Å². The van der Waals surface area contributed by atoms with Gasteiger partial charge in [-0.2, -0.15) is 11.8 Å². The van der Waals surface area contributed by atoms with Crippen molar-refractivity contribution in [2.45, 2.75) is 12.8 Å². The highest BCUT2D eigenvalue weighted by Gasteiger charge is 2.07. The van der Waals surface area contributed by atoms with Crippen LogP contribution in [0.4, 0.5) is 0 Å². The summed E-state index contributed by atoms with van der Waals surface area (Å²) in [5, 5.41) is 0. The predicted octanol–water partition coefficient (Wildman–Crippen LogP) is 3.32. The summed E-state index contributed by atoms with van der Waals surface area (Å²) in [5.74, 6) is 1.94. The van der Waals surface area contributed by atoms with Gasteiger partial charge in [-0.1, -0.05) is 15.9 Å². The van der Waals surface area contributed by atoms with Crippen LogP contribution >= 0.6 is 27.7 Å². The Balaban J connectivity index is 2.68. The number of Topliss-reactive ketones (excluding diaryl/α,β-unsaturated/α-hetero) is 1. The normalized spacial score (nSPS) is 10.2. The van der Waals surface area contributed by atoms with Crippen LogP contribution < -0.4 is 4.74 Å². The van der Waals surface area contributed by atoms with Gasteiger partial charge in [0.05, 0.1) is 7.11 Å². The Labute approximate surface area is 109 Å². The summed E-state index contributed by atoms with van der Waals surface area (Å²) in [6.45, 7) is 0. The summed E-state index contributed by atoms with van der Waals surface area (Å²) in [4.78, 5) is 11.6. The molecule has 16 heavy (non-hydrogen) atoms. The molecule has 0 aliphatic heterocycles. The summed E-state index contributed by atoms with van der Waals surface area (Å²) >= 11 is 5.14. The fourth-order valence-corrected chi connectivity index (χ4v) is 2.15. The zero-order valence-corrected chi connectivity index (χ0v) is 11.9. The Morgan fingerprint density at radius 3 is 2.88 bits per heavy atom. The summed E-state index contributed by atoms with van der Waals surface area (Å²) in [6, 6.07) is 5.69. The maximum absolute atomic E-state index is 11.6. The second-order valence-electron chi connectivity index (χ2n) is 3.42. The molecule has 0 bridgehead atoms. The topological polar surface area (TPSA) is 26.3 Å². The van der Waals surface area contributed by atoms with Crippen LogP contribution in [0.1, 0.15) is 12.0 Å². The van der Waals surface area contributed by atoms with Crippen molar-refractivity contribution in [2.75, 3.05) is 19.1 Å². The summed E-state index contributed by atoms with van der Waals surface area (Å²) in [5.41, 5.74) is 0.991. The van der Waals surface area contributed by atoms with Crippen molar-refractivity contribution in [1.29, 1.82) is 0 Å². The van der Waals surface area contributed by atoms with E-state index in [4.69, 9.17) is 4.74 Å². The maximum atomic E-state index is 11.6. The Morgan fingerprint density at radius 1 is 1.50 bits per heavy atom. The number of ether oxygens (including phenoxy) is 1. The van der Waals surface area contributed by atoms with Gasteiger partial charge in [0, 0.05) is 17.3 Å². The van der Waals surface area contributed by atoms with Gasteiger partial charge in [-0.25, -0.2) is 0 Å². The minimum absolute atomic E-state index is 0.267. The first-order valence-electron chi connectivity index (χ1n) is 5.00. The Morgan fingerprint density at radius 2 is 2.25 bits per heavy atom. The van der Waals surface area contributed by atoms with Crippen LogP contribution in [0.15, 0.2) is 22.7 Å². The van der Waals surface area contributed by atoms with E-state index in [0.29, 0.717) is 12.8 Å². The molecule has 0 aromatic heterocycles. The predicted molar refractivity (Wildman–Crippen MR) is 72.4 cm³/mol. The van der Waals surface area contributed by atoms with Gasteiger partial charge in [0.25, 0.3) is 0 Å². The zero-order chi connectivity index (χ0) is 12.0. The molecular formula is C12H15BrO2S. The van der Waals surface area contributed by atoms with Crippen LogP contribution in [0.2, 0.25) is 0 Å². The molecule has 0 saturated heterocycles. The average molecular weight is 303 g/mol. The molecule has 1 aromatic rings. The summed E-state index contributed by atoms with van der Waals surface area (Å²) < 4.78 is 6.10. The van der Waals surface area contributed by atoms with E-state index in [0.717, 1.165) is 21.5 Å². The maximum Gasteiger partial charge on any atom is 0.138 e. The first-order valence-corrected chi connectivity index (χ1v) is 7.19. The Bertz CT molecular complexity index is 366. The lowest BCUT2D eigenvalue weighted by atomic mass is 10.1. The highest BCUT2D eigenvalue weighted by atomic mass is 79.9. The van der Waals surface area contributed by atoms with Crippen LogP contribution in [0, 0.1) is 0 Å². The van der Waals surface area contributed by atoms with Crippen LogP contribution in [0.3, 0.4) is 0 Å². The SMILES string of the molecule is COc1ccc(Br)c(CC(=O)CCSC)c1. The van der Waals surface area contributed by atoms with E-state index < -0.39 is 0 Å². The number of halogens is 1. The number of hydrogen-bond acceptors (Lipinski definition) is 3. The molecule has 0 fully saturated rings. The molecule has 0 aliphatic carbocycles. The molecule has 4 heteroatoms. The lowest BCUT2D eigenvalue weighted by Gasteiger charge is -2.06. The lowest BCUT2D eigenvalue weighted by molar-refractivity contribution is -0.118. The van der Waals surface area contributed by atoms with Crippen LogP contribution in [-0.2, 0) is 11.2 Å². The molecule has 0 spiro atoms. The minimum Gasteiger partial charge on any atom is -0.497 e. The summed E-state index contributed by atoms with van der Waals surface area (Å²) in [7, 11) is 1.63. The standard InChI is InChI=1S/C12H15BrO2S/c1-15-11-3-4-12(13)9(8-11)7-10(14)5-6-16-2/h3-4,8H,5-7H2,1-2H3. The van der Waals surface area contributed by atoms with Gasteiger partial charge >= 0.3 is 0 Å². The number of methoxy groups -OCH3 is 1. The van der Waals surface area contributed by atoms with Gasteiger partial charge < -0.3 is 4.74 Å². The van der Waals surface area contributed by atoms with E-state index in [1.54, 1.807) is 18.9 Å². The van der Waals surface area contributed by atoms with E-state index in [1.165, 1.54) is 0 Å². The van der Waals surface area contributed by atoms with Crippen LogP contribution in [0.25, 0.3) is 0 Å². The summed E-state index contributed by atoms with van der Waals surface area (Å²) in [6.07, 6.45) is 3.11. The monoisotopic (exact) mass is 302 g/mol. The number of hydrogen-bond donors (Lipinski definition) is 0. The second kappa shape index (κ2) is 6.97. The first kappa shape index (κ1) is 13.6. The smallest absolute Gasteiger partial charge is 0.138 e. The molecule has 0 unspecified atom stereocenters. The molecule has 0 amide bonds. The largest absolute Gasteiger partial charge is 0.497 e. The fourth-order valence-electron chi connectivity index (χ4n) is 1.33. The number of ketones is 1. The highest BCUT2D eigenvalue weighted by molar-refractivity contribution is 9.10. The van der Waals surface area contributed by atoms with Gasteiger partial charge in [0.1, 0.15) is 11.5 Å². The second-order valence-corrected chi connectivity index (χ2v) is 5.26. The van der Waals surface area contributed by atoms with E-state index >= 15 is 0 Å². The third-order valence-electron chi connectivity index (χ3n) is 2.23. The van der Waals surface area contributed by atoms with Gasteiger partial charge in [0.2, 0.25) is 0 Å². The van der Waals surface area contributed by atoms with Crippen molar-refractivity contribution in [3.63, 3.8) is 0 Å². The molecule has 1 rings (SSSR count). The van der Waals surface area contributed by atoms with Crippen molar-refractivity contribution < 1.29 is 9.53 Å². The van der Waals surface area contributed by atoms with Crippen LogP contribution in [-0.4, -0.2) is 24.9 Å². The molecule has 88 valence electrons. The number of rotatable bonds is 6. The van der Waals surface area contributed by atoms with Gasteiger partial charge in [-0.05, 0) is 35.8 Å². The quantitative estimate of drug-likeness (QED) is 0.806. The fraction of sp³-hybridized carbons (Fsp3) is 0.417. The van der Waals surface area contributed by atoms with Crippen molar-refractivity contribution in [3.05, 3.63) is 28.2 Å². The van der Waals surface area contributed by atoms with Crippen molar-refractivity contribution in [3.8, 4) is 5.75 Å². The van der Waals surface area contributed by atoms with E-state index in [2.05, 4.69) is 15.9 Å². The van der Waals surface area contributed by atoms with Gasteiger partial charge in [-0.3, -0.25) is 4.79 Å². The van der Waals surface area contributed by atoms with Crippen molar-refractivity contribution in [2.24, 2.45) is 0 Å². The lowest BCUT2D eigenvalue weighted by Crippen LogP contribution is -2.04. The van der Waals surface area contributed by atoms with Crippen LogP contribution in [0.5, 0.6) is 5.75 Å². The molecule has 2 nitrogen and oxygen atoms in total. The third-order valence-corrected chi connectivity index (χ3v) is 3.61. The molecule has 0 N–H and O–H groups in total. The number of benzene rings is 1. The zero-order valence-electron chi connectivity index (χ0n) is 9.46. The highest BCUT2D eigenvalue weighted by Crippen LogP contribution is 2.23. The average Bonchev–Trinajstić information content (AvgIpc) is 2.29. The van der Waals surface area contributed by atoms with Gasteiger partial charge in [-0.15, -0.1) is 0 Å². The van der Waals surface area contributed by atoms with E-state index in [-0.39, 0.29) is 5.78 Å². The number of thioether (sulfide) groups is 1. The van der Waals surface area contributed by atoms with Gasteiger partial charge in [0.15, 0.2) is 0 Å². The van der Waals surface area contributed by atoms with E-state index in [1.807, 2.05) is 24.5 Å². The van der Waals surface area contributed by atoms with Crippen molar-refractivity contribution >= 4 is 33.5 Å². The Kier molecular flexibility index (Phi) is 5.91. The number of carbonyl (C=O) groups excluding carboxylic acids is 1. The molecule has 0 saturated carbocycles. The first-order chi connectivity index (χ1) is 7.67. The molecule has 1 aromatic carbocycles. The molecule has 0 radical (unpaired) electrons. The molecule has 0 heterocycles. The molecular weight excluding hydrogens is 288 g/mol. The van der Waals surface area contributed by atoms with Crippen molar-refractivity contribution in [1.82, 2.24) is 0 Å². The number of carbonyl (C=O) groups is 1. The molecule has 0 atom stereocenters. The minimum atomic E-state index is 0.267. The molecule has 0 aliphatic rings. The third kappa shape index (κ3) is 4.18. The Hall–Kier alpha value is -0.480.